The summed E-state index contributed by atoms with van der Waals surface area (Å²) in [6.07, 6.45) is 0. The van der Waals surface area contributed by atoms with E-state index < -0.39 is 0 Å². The molecule has 0 atom stereocenters. The number of nitrogens with two attached hydrogens (primary N) is 1. The van der Waals surface area contributed by atoms with Crippen LogP contribution in [0, 0.1) is 0 Å². The van der Waals surface area contributed by atoms with E-state index in [1.165, 1.54) is 0 Å². The predicted molar refractivity (Wildman–Crippen MR) is 71.5 cm³/mol. The summed E-state index contributed by atoms with van der Waals surface area (Å²) >= 11 is 0. The number of nitrogen functional groups attached to an aromatic ring is 1. The Bertz CT molecular complexity index is 526. The van der Waals surface area contributed by atoms with Gasteiger partial charge in [-0.1, -0.05) is 0 Å². The zero-order chi connectivity index (χ0) is 13.0. The Balaban J connectivity index is 2.21. The van der Waals surface area contributed by atoms with Crippen LogP contribution in [0.5, 0.6) is 11.6 Å². The molecule has 5 heteroatoms. The molecule has 1 aromatic heterocycles. The third kappa shape index (κ3) is 2.63. The normalized spacial score (nSPS) is 9.89. The second kappa shape index (κ2) is 5.27. The first kappa shape index (κ1) is 12.0. The van der Waals surface area contributed by atoms with Crippen LogP contribution >= 0.6 is 0 Å². The average Bonchev–Trinajstić information content (AvgIpc) is 2.42. The number of pyridine rings is 1. The fourth-order valence-corrected chi connectivity index (χ4v) is 1.48. The molecule has 0 unspecified atom stereocenters. The van der Waals surface area contributed by atoms with E-state index >= 15 is 0 Å². The van der Waals surface area contributed by atoms with Crippen LogP contribution in [-0.4, -0.2) is 19.2 Å². The van der Waals surface area contributed by atoms with Gasteiger partial charge in [-0.2, -0.15) is 4.98 Å². The molecule has 1 heterocycles. The third-order valence-corrected chi connectivity index (χ3v) is 2.46. The monoisotopic (exact) mass is 245 g/mol. The number of benzene rings is 1. The number of nitrogens with zero attached hydrogens (tertiary/aromatic N) is 1. The van der Waals surface area contributed by atoms with Crippen LogP contribution in [0.3, 0.4) is 0 Å². The van der Waals surface area contributed by atoms with E-state index in [-0.39, 0.29) is 0 Å². The molecule has 0 aliphatic carbocycles. The lowest BCUT2D eigenvalue weighted by Gasteiger charge is -2.10. The lowest BCUT2D eigenvalue weighted by Crippen LogP contribution is -2.00. The fourth-order valence-electron chi connectivity index (χ4n) is 1.48. The van der Waals surface area contributed by atoms with Crippen LogP contribution in [0.25, 0.3) is 0 Å². The van der Waals surface area contributed by atoms with Crippen molar-refractivity contribution in [3.05, 3.63) is 36.4 Å². The first-order chi connectivity index (χ1) is 8.72. The van der Waals surface area contributed by atoms with E-state index in [9.17, 15) is 0 Å². The summed E-state index contributed by atoms with van der Waals surface area (Å²) in [6.45, 7) is 0. The number of anilines is 3. The first-order valence-electron chi connectivity index (χ1n) is 5.44. The molecule has 94 valence electrons. The minimum atomic E-state index is 0.514. The molecule has 0 amide bonds. The van der Waals surface area contributed by atoms with Gasteiger partial charge in [0, 0.05) is 11.8 Å². The van der Waals surface area contributed by atoms with Gasteiger partial charge < -0.3 is 20.5 Å². The van der Waals surface area contributed by atoms with E-state index in [1.807, 2.05) is 24.3 Å². The van der Waals surface area contributed by atoms with Gasteiger partial charge in [-0.3, -0.25) is 0 Å². The topological polar surface area (TPSA) is 69.4 Å². The lowest BCUT2D eigenvalue weighted by atomic mass is 10.3. The van der Waals surface area contributed by atoms with Gasteiger partial charge >= 0.3 is 0 Å². The first-order valence-corrected chi connectivity index (χ1v) is 5.44. The Labute approximate surface area is 106 Å². The van der Waals surface area contributed by atoms with Crippen LogP contribution in [0.4, 0.5) is 17.2 Å². The number of aromatic nitrogens is 1. The largest absolute Gasteiger partial charge is 0.497 e. The second-order valence-corrected chi connectivity index (χ2v) is 3.64. The summed E-state index contributed by atoms with van der Waals surface area (Å²) in [4.78, 5) is 4.24. The second-order valence-electron chi connectivity index (χ2n) is 3.64. The molecule has 5 nitrogen and oxygen atoms in total. The summed E-state index contributed by atoms with van der Waals surface area (Å²) < 4.78 is 10.1. The van der Waals surface area contributed by atoms with Gasteiger partial charge in [0.15, 0.2) is 5.82 Å². The number of hydrogen-bond donors (Lipinski definition) is 2. The van der Waals surface area contributed by atoms with Gasteiger partial charge in [-0.05, 0) is 30.3 Å². The molecule has 2 rings (SSSR count). The quantitative estimate of drug-likeness (QED) is 0.865. The molecule has 0 saturated carbocycles. The van der Waals surface area contributed by atoms with E-state index in [0.29, 0.717) is 17.4 Å². The summed E-state index contributed by atoms with van der Waals surface area (Å²) in [5, 5.41) is 3.13. The highest BCUT2D eigenvalue weighted by Crippen LogP contribution is 2.24. The molecular weight excluding hydrogens is 230 g/mol. The summed E-state index contributed by atoms with van der Waals surface area (Å²) in [7, 11) is 3.19. The minimum absolute atomic E-state index is 0.514. The van der Waals surface area contributed by atoms with E-state index in [1.54, 1.807) is 26.4 Å². The van der Waals surface area contributed by atoms with Crippen molar-refractivity contribution in [2.24, 2.45) is 0 Å². The van der Waals surface area contributed by atoms with Crippen molar-refractivity contribution in [3.8, 4) is 11.6 Å². The number of methoxy groups -OCH3 is 2. The molecular formula is C13H15N3O2. The van der Waals surface area contributed by atoms with E-state index in [2.05, 4.69) is 10.3 Å². The Morgan fingerprint density at radius 1 is 1.00 bits per heavy atom. The number of hydrogen-bond acceptors (Lipinski definition) is 5. The highest BCUT2D eigenvalue weighted by Gasteiger charge is 2.04. The fraction of sp³-hybridized carbons (Fsp3) is 0.154. The summed E-state index contributed by atoms with van der Waals surface area (Å²) in [5.74, 6) is 1.88. The van der Waals surface area contributed by atoms with Crippen molar-refractivity contribution in [2.45, 2.75) is 0 Å². The van der Waals surface area contributed by atoms with Gasteiger partial charge in [0.2, 0.25) is 5.88 Å². The SMILES string of the molecule is COc1ccc(Nc2nc(OC)ccc2N)cc1. The van der Waals surface area contributed by atoms with Crippen LogP contribution in [-0.2, 0) is 0 Å². The highest BCUT2D eigenvalue weighted by molar-refractivity contribution is 5.69. The lowest BCUT2D eigenvalue weighted by molar-refractivity contribution is 0.398. The zero-order valence-corrected chi connectivity index (χ0v) is 10.3. The number of nitrogens with one attached hydrogen (secondary N) is 1. The Morgan fingerprint density at radius 3 is 2.33 bits per heavy atom. The van der Waals surface area contributed by atoms with Crippen molar-refractivity contribution in [2.75, 3.05) is 25.3 Å². The van der Waals surface area contributed by atoms with Crippen LogP contribution < -0.4 is 20.5 Å². The van der Waals surface area contributed by atoms with Crippen molar-refractivity contribution in [3.63, 3.8) is 0 Å². The minimum Gasteiger partial charge on any atom is -0.497 e. The number of rotatable bonds is 4. The molecule has 3 N–H and O–H groups in total. The Morgan fingerprint density at radius 2 is 1.72 bits per heavy atom. The van der Waals surface area contributed by atoms with Gasteiger partial charge in [-0.15, -0.1) is 0 Å². The van der Waals surface area contributed by atoms with Gasteiger partial charge in [0.25, 0.3) is 0 Å². The molecule has 0 spiro atoms. The standard InChI is InChI=1S/C13H15N3O2/c1-17-10-5-3-9(4-6-10)15-13-11(14)7-8-12(16-13)18-2/h3-8H,14H2,1-2H3,(H,15,16). The van der Waals surface area contributed by atoms with Crippen molar-refractivity contribution < 1.29 is 9.47 Å². The summed E-state index contributed by atoms with van der Waals surface area (Å²) in [6, 6.07) is 11.0. The van der Waals surface area contributed by atoms with Crippen LogP contribution in [0.15, 0.2) is 36.4 Å². The molecule has 1 aromatic carbocycles. The van der Waals surface area contributed by atoms with Gasteiger partial charge in [-0.25, -0.2) is 0 Å². The predicted octanol–water partition coefficient (Wildman–Crippen LogP) is 2.42. The highest BCUT2D eigenvalue weighted by atomic mass is 16.5. The molecule has 0 bridgehead atoms. The average molecular weight is 245 g/mol. The van der Waals surface area contributed by atoms with Crippen LogP contribution in [0.1, 0.15) is 0 Å². The molecule has 0 saturated heterocycles. The zero-order valence-electron chi connectivity index (χ0n) is 10.3. The van der Waals surface area contributed by atoms with Gasteiger partial charge in [0.05, 0.1) is 19.9 Å². The Kier molecular flexibility index (Phi) is 3.52. The summed E-state index contributed by atoms with van der Waals surface area (Å²) in [5.41, 5.74) is 7.28. The molecule has 0 aliphatic heterocycles. The molecule has 0 aliphatic rings. The molecule has 0 radical (unpaired) electrons. The molecule has 0 fully saturated rings. The maximum atomic E-state index is 5.84. The van der Waals surface area contributed by atoms with Gasteiger partial charge in [0.1, 0.15) is 5.75 Å². The Hall–Kier alpha value is -2.43. The maximum absolute atomic E-state index is 5.84. The smallest absolute Gasteiger partial charge is 0.215 e. The maximum Gasteiger partial charge on any atom is 0.215 e. The van der Waals surface area contributed by atoms with E-state index in [0.717, 1.165) is 11.4 Å². The van der Waals surface area contributed by atoms with Crippen molar-refractivity contribution in [1.29, 1.82) is 0 Å². The van der Waals surface area contributed by atoms with Crippen molar-refractivity contribution >= 4 is 17.2 Å². The molecule has 18 heavy (non-hydrogen) atoms. The van der Waals surface area contributed by atoms with Crippen LogP contribution in [0.2, 0.25) is 0 Å². The number of ether oxygens (including phenoxy) is 2. The van der Waals surface area contributed by atoms with Crippen molar-refractivity contribution in [1.82, 2.24) is 4.98 Å². The van der Waals surface area contributed by atoms with E-state index in [4.69, 9.17) is 15.2 Å². The molecule has 2 aromatic rings. The third-order valence-electron chi connectivity index (χ3n) is 2.46.